The molecule has 1 unspecified atom stereocenters. The zero-order valence-corrected chi connectivity index (χ0v) is 9.98. The van der Waals surface area contributed by atoms with Crippen LogP contribution in [-0.2, 0) is 6.42 Å². The number of nitrogens with two attached hydrogens (primary N) is 1. The first-order chi connectivity index (χ1) is 7.77. The molecular weight excluding hydrogens is 198 g/mol. The molecule has 1 aromatic carbocycles. The SMILES string of the molecule is CCC(C)n1c(CCN)nc2ccccc21. The normalized spacial score (nSPS) is 13.2. The molecule has 0 bridgehead atoms. The van der Waals surface area contributed by atoms with Gasteiger partial charge in [-0.2, -0.15) is 0 Å². The molecule has 3 heteroatoms. The third-order valence-corrected chi connectivity index (χ3v) is 3.07. The van der Waals surface area contributed by atoms with Crippen molar-refractivity contribution < 1.29 is 0 Å². The largest absolute Gasteiger partial charge is 0.330 e. The molecule has 0 spiro atoms. The van der Waals surface area contributed by atoms with Crippen LogP contribution in [0.5, 0.6) is 0 Å². The van der Waals surface area contributed by atoms with Gasteiger partial charge in [0.15, 0.2) is 0 Å². The number of nitrogens with zero attached hydrogens (tertiary/aromatic N) is 2. The topological polar surface area (TPSA) is 43.8 Å². The van der Waals surface area contributed by atoms with Crippen molar-refractivity contribution >= 4 is 11.0 Å². The summed E-state index contributed by atoms with van der Waals surface area (Å²) < 4.78 is 2.32. The van der Waals surface area contributed by atoms with Crippen molar-refractivity contribution in [3.8, 4) is 0 Å². The van der Waals surface area contributed by atoms with Gasteiger partial charge in [-0.15, -0.1) is 0 Å². The Labute approximate surface area is 96.3 Å². The van der Waals surface area contributed by atoms with Crippen LogP contribution in [0.25, 0.3) is 11.0 Å². The third kappa shape index (κ3) is 1.83. The highest BCUT2D eigenvalue weighted by Crippen LogP contribution is 2.22. The van der Waals surface area contributed by atoms with E-state index in [9.17, 15) is 0 Å². The first kappa shape index (κ1) is 11.1. The van der Waals surface area contributed by atoms with E-state index < -0.39 is 0 Å². The zero-order valence-electron chi connectivity index (χ0n) is 9.98. The Morgan fingerprint density at radius 2 is 2.12 bits per heavy atom. The number of para-hydroxylation sites is 2. The van der Waals surface area contributed by atoms with Crippen LogP contribution >= 0.6 is 0 Å². The summed E-state index contributed by atoms with van der Waals surface area (Å²) >= 11 is 0. The van der Waals surface area contributed by atoms with E-state index in [4.69, 9.17) is 5.73 Å². The maximum atomic E-state index is 5.64. The molecule has 3 nitrogen and oxygen atoms in total. The van der Waals surface area contributed by atoms with Crippen molar-refractivity contribution in [2.45, 2.75) is 32.7 Å². The van der Waals surface area contributed by atoms with Gasteiger partial charge in [-0.25, -0.2) is 4.98 Å². The van der Waals surface area contributed by atoms with E-state index in [2.05, 4.69) is 41.6 Å². The first-order valence-electron chi connectivity index (χ1n) is 5.93. The standard InChI is InChI=1S/C13H19N3/c1-3-10(2)16-12-7-5-4-6-11(12)15-13(16)8-9-14/h4-7,10H,3,8-9,14H2,1-2H3. The highest BCUT2D eigenvalue weighted by atomic mass is 15.1. The Balaban J connectivity index is 2.59. The second-order valence-corrected chi connectivity index (χ2v) is 4.18. The maximum Gasteiger partial charge on any atom is 0.111 e. The molecule has 1 aromatic heterocycles. The number of benzene rings is 1. The molecule has 16 heavy (non-hydrogen) atoms. The van der Waals surface area contributed by atoms with Crippen LogP contribution in [0.15, 0.2) is 24.3 Å². The van der Waals surface area contributed by atoms with E-state index in [0.717, 1.165) is 24.2 Å². The van der Waals surface area contributed by atoms with Gasteiger partial charge in [0.25, 0.3) is 0 Å². The first-order valence-corrected chi connectivity index (χ1v) is 5.93. The number of aromatic nitrogens is 2. The molecule has 1 heterocycles. The number of hydrogen-bond donors (Lipinski definition) is 1. The lowest BCUT2D eigenvalue weighted by atomic mass is 10.2. The predicted octanol–water partition coefficient (Wildman–Crippen LogP) is 2.51. The van der Waals surface area contributed by atoms with E-state index in [1.807, 2.05) is 6.07 Å². The summed E-state index contributed by atoms with van der Waals surface area (Å²) in [5.41, 5.74) is 7.94. The van der Waals surface area contributed by atoms with Gasteiger partial charge in [-0.05, 0) is 32.0 Å². The lowest BCUT2D eigenvalue weighted by Crippen LogP contribution is -2.12. The molecule has 0 saturated carbocycles. The van der Waals surface area contributed by atoms with Gasteiger partial charge in [0.2, 0.25) is 0 Å². The van der Waals surface area contributed by atoms with Crippen LogP contribution < -0.4 is 5.73 Å². The van der Waals surface area contributed by atoms with Crippen molar-refractivity contribution in [3.63, 3.8) is 0 Å². The maximum absolute atomic E-state index is 5.64. The van der Waals surface area contributed by atoms with Gasteiger partial charge in [-0.3, -0.25) is 0 Å². The molecule has 2 N–H and O–H groups in total. The number of fused-ring (bicyclic) bond motifs is 1. The van der Waals surface area contributed by atoms with Crippen molar-refractivity contribution in [1.82, 2.24) is 9.55 Å². The highest BCUT2D eigenvalue weighted by Gasteiger charge is 2.13. The molecule has 86 valence electrons. The summed E-state index contributed by atoms with van der Waals surface area (Å²) in [6, 6.07) is 8.77. The van der Waals surface area contributed by atoms with Gasteiger partial charge in [0.1, 0.15) is 5.82 Å². The van der Waals surface area contributed by atoms with Crippen molar-refractivity contribution in [3.05, 3.63) is 30.1 Å². The van der Waals surface area contributed by atoms with E-state index in [0.29, 0.717) is 12.6 Å². The zero-order chi connectivity index (χ0) is 11.5. The van der Waals surface area contributed by atoms with E-state index >= 15 is 0 Å². The number of imidazole rings is 1. The lowest BCUT2D eigenvalue weighted by Gasteiger charge is -2.15. The van der Waals surface area contributed by atoms with Crippen LogP contribution in [-0.4, -0.2) is 16.1 Å². The van der Waals surface area contributed by atoms with Crippen LogP contribution in [0.1, 0.15) is 32.1 Å². The van der Waals surface area contributed by atoms with Gasteiger partial charge in [0, 0.05) is 12.5 Å². The summed E-state index contributed by atoms with van der Waals surface area (Å²) in [6.07, 6.45) is 1.96. The quantitative estimate of drug-likeness (QED) is 0.855. The molecule has 1 atom stereocenters. The van der Waals surface area contributed by atoms with E-state index in [1.165, 1.54) is 5.52 Å². The Morgan fingerprint density at radius 3 is 2.81 bits per heavy atom. The Kier molecular flexibility index (Phi) is 3.25. The average molecular weight is 217 g/mol. The van der Waals surface area contributed by atoms with Crippen molar-refractivity contribution in [2.75, 3.05) is 6.54 Å². The van der Waals surface area contributed by atoms with Crippen LogP contribution in [0.2, 0.25) is 0 Å². The molecule has 0 saturated heterocycles. The molecule has 2 aromatic rings. The highest BCUT2D eigenvalue weighted by molar-refractivity contribution is 5.76. The summed E-state index contributed by atoms with van der Waals surface area (Å²) in [5, 5.41) is 0. The molecule has 0 amide bonds. The molecular formula is C13H19N3. The fourth-order valence-corrected chi connectivity index (χ4v) is 2.07. The summed E-state index contributed by atoms with van der Waals surface area (Å²) in [4.78, 5) is 4.65. The second kappa shape index (κ2) is 4.66. The summed E-state index contributed by atoms with van der Waals surface area (Å²) in [7, 11) is 0. The fraction of sp³-hybridized carbons (Fsp3) is 0.462. The van der Waals surface area contributed by atoms with Crippen molar-refractivity contribution in [1.29, 1.82) is 0 Å². The van der Waals surface area contributed by atoms with Gasteiger partial charge in [-0.1, -0.05) is 19.1 Å². The Bertz CT molecular complexity index is 473. The minimum Gasteiger partial charge on any atom is -0.330 e. The molecule has 0 aliphatic heterocycles. The smallest absolute Gasteiger partial charge is 0.111 e. The Hall–Kier alpha value is -1.35. The Morgan fingerprint density at radius 1 is 1.38 bits per heavy atom. The fourth-order valence-electron chi connectivity index (χ4n) is 2.07. The van der Waals surface area contributed by atoms with E-state index in [-0.39, 0.29) is 0 Å². The van der Waals surface area contributed by atoms with Crippen LogP contribution in [0.3, 0.4) is 0 Å². The van der Waals surface area contributed by atoms with Crippen LogP contribution in [0, 0.1) is 0 Å². The number of hydrogen-bond acceptors (Lipinski definition) is 2. The summed E-state index contributed by atoms with van der Waals surface area (Å²) in [6.45, 7) is 5.08. The predicted molar refractivity (Wildman–Crippen MR) is 67.5 cm³/mol. The van der Waals surface area contributed by atoms with E-state index in [1.54, 1.807) is 0 Å². The molecule has 0 aliphatic carbocycles. The van der Waals surface area contributed by atoms with Gasteiger partial charge in [0.05, 0.1) is 11.0 Å². The molecule has 0 aliphatic rings. The lowest BCUT2D eigenvalue weighted by molar-refractivity contribution is 0.522. The third-order valence-electron chi connectivity index (χ3n) is 3.07. The van der Waals surface area contributed by atoms with Crippen LogP contribution in [0.4, 0.5) is 0 Å². The molecule has 0 radical (unpaired) electrons. The summed E-state index contributed by atoms with van der Waals surface area (Å²) in [5.74, 6) is 1.11. The average Bonchev–Trinajstić information content (AvgIpc) is 2.66. The monoisotopic (exact) mass is 217 g/mol. The van der Waals surface area contributed by atoms with Crippen molar-refractivity contribution in [2.24, 2.45) is 5.73 Å². The molecule has 0 fully saturated rings. The minimum absolute atomic E-state index is 0.481. The molecule has 2 rings (SSSR count). The van der Waals surface area contributed by atoms with Gasteiger partial charge >= 0.3 is 0 Å². The minimum atomic E-state index is 0.481. The van der Waals surface area contributed by atoms with Gasteiger partial charge < -0.3 is 10.3 Å². The number of rotatable bonds is 4. The second-order valence-electron chi connectivity index (χ2n) is 4.18.